The van der Waals surface area contributed by atoms with Crippen LogP contribution in [0.2, 0.25) is 0 Å². The van der Waals surface area contributed by atoms with E-state index in [1.54, 1.807) is 7.11 Å². The van der Waals surface area contributed by atoms with Gasteiger partial charge < -0.3 is 10.5 Å². The highest BCUT2D eigenvalue weighted by molar-refractivity contribution is 7.87. The van der Waals surface area contributed by atoms with Crippen LogP contribution in [0.25, 0.3) is 0 Å². The molecule has 0 radical (unpaired) electrons. The third kappa shape index (κ3) is 4.16. The number of para-hydroxylation sites is 1. The molecule has 2 rings (SSSR count). The lowest BCUT2D eigenvalue weighted by Gasteiger charge is -2.30. The van der Waals surface area contributed by atoms with Crippen LogP contribution in [0.3, 0.4) is 0 Å². The minimum absolute atomic E-state index is 0.225. The second-order valence-corrected chi connectivity index (χ2v) is 6.97. The summed E-state index contributed by atoms with van der Waals surface area (Å²) in [6.07, 6.45) is 1.65. The fourth-order valence-electron chi connectivity index (χ4n) is 2.49. The summed E-state index contributed by atoms with van der Waals surface area (Å²) < 4.78 is 33.9. The minimum atomic E-state index is -3.45. The number of rotatable bonds is 6. The molecule has 21 heavy (non-hydrogen) atoms. The Morgan fingerprint density at radius 1 is 1.33 bits per heavy atom. The Labute approximate surface area is 126 Å². The van der Waals surface area contributed by atoms with Crippen molar-refractivity contribution in [1.82, 2.24) is 9.03 Å². The van der Waals surface area contributed by atoms with E-state index in [2.05, 4.69) is 4.72 Å². The molecule has 0 saturated carbocycles. The number of piperidine rings is 1. The highest BCUT2D eigenvalue weighted by Crippen LogP contribution is 2.20. The van der Waals surface area contributed by atoms with Crippen LogP contribution >= 0.6 is 0 Å². The van der Waals surface area contributed by atoms with Gasteiger partial charge in [0.2, 0.25) is 0 Å². The molecular formula is C14H23N3O3S. The average Bonchev–Trinajstić information content (AvgIpc) is 2.53. The maximum absolute atomic E-state index is 12.3. The Hall–Kier alpha value is -1.15. The van der Waals surface area contributed by atoms with Gasteiger partial charge in [0.05, 0.1) is 7.11 Å². The highest BCUT2D eigenvalue weighted by Gasteiger charge is 2.27. The van der Waals surface area contributed by atoms with Crippen molar-refractivity contribution < 1.29 is 13.2 Å². The molecule has 1 fully saturated rings. The lowest BCUT2D eigenvalue weighted by molar-refractivity contribution is 0.275. The van der Waals surface area contributed by atoms with E-state index in [0.29, 0.717) is 31.3 Å². The van der Waals surface area contributed by atoms with Crippen LogP contribution in [0.5, 0.6) is 5.75 Å². The van der Waals surface area contributed by atoms with Crippen molar-refractivity contribution in [2.45, 2.75) is 19.4 Å². The molecule has 1 aromatic carbocycles. The SMILES string of the molecule is COc1ccccc1CNS(=O)(=O)N1CCC(CN)CC1. The van der Waals surface area contributed by atoms with E-state index >= 15 is 0 Å². The topological polar surface area (TPSA) is 84.7 Å². The van der Waals surface area contributed by atoms with Crippen molar-refractivity contribution in [1.29, 1.82) is 0 Å². The average molecular weight is 313 g/mol. The van der Waals surface area contributed by atoms with Crippen molar-refractivity contribution >= 4 is 10.2 Å². The molecule has 7 heteroatoms. The van der Waals surface area contributed by atoms with Crippen LogP contribution in [0, 0.1) is 5.92 Å². The predicted octanol–water partition coefficient (Wildman–Crippen LogP) is 0.700. The number of methoxy groups -OCH3 is 1. The smallest absolute Gasteiger partial charge is 0.279 e. The number of nitrogens with two attached hydrogens (primary N) is 1. The fourth-order valence-corrected chi connectivity index (χ4v) is 3.71. The summed E-state index contributed by atoms with van der Waals surface area (Å²) in [5.74, 6) is 1.12. The number of nitrogens with zero attached hydrogens (tertiary/aromatic N) is 1. The Balaban J connectivity index is 1.95. The minimum Gasteiger partial charge on any atom is -0.496 e. The Kier molecular flexibility index (Phi) is 5.58. The first-order valence-corrected chi connectivity index (χ1v) is 8.57. The summed E-state index contributed by atoms with van der Waals surface area (Å²) in [6.45, 7) is 1.91. The van der Waals surface area contributed by atoms with Crippen LogP contribution in [0.15, 0.2) is 24.3 Å². The molecule has 3 N–H and O–H groups in total. The van der Waals surface area contributed by atoms with Gasteiger partial charge in [-0.05, 0) is 31.4 Å². The molecule has 0 bridgehead atoms. The first-order valence-electron chi connectivity index (χ1n) is 7.13. The number of ether oxygens (including phenoxy) is 1. The molecule has 1 saturated heterocycles. The van der Waals surface area contributed by atoms with Gasteiger partial charge in [-0.25, -0.2) is 0 Å². The van der Waals surface area contributed by atoms with E-state index in [1.165, 1.54) is 4.31 Å². The normalized spacial score (nSPS) is 17.8. The van der Waals surface area contributed by atoms with Gasteiger partial charge >= 0.3 is 0 Å². The fraction of sp³-hybridized carbons (Fsp3) is 0.571. The van der Waals surface area contributed by atoms with Gasteiger partial charge in [-0.2, -0.15) is 17.4 Å². The quantitative estimate of drug-likeness (QED) is 0.809. The third-order valence-electron chi connectivity index (χ3n) is 3.88. The predicted molar refractivity (Wildman–Crippen MR) is 82.1 cm³/mol. The van der Waals surface area contributed by atoms with Crippen LogP contribution < -0.4 is 15.2 Å². The first-order chi connectivity index (χ1) is 10.1. The lowest BCUT2D eigenvalue weighted by atomic mass is 9.99. The van der Waals surface area contributed by atoms with Crippen molar-refractivity contribution in [2.24, 2.45) is 11.7 Å². The second-order valence-electron chi connectivity index (χ2n) is 5.22. The van der Waals surface area contributed by atoms with E-state index in [-0.39, 0.29) is 6.54 Å². The Bertz CT molecular complexity index is 554. The Morgan fingerprint density at radius 2 is 2.00 bits per heavy atom. The van der Waals surface area contributed by atoms with Crippen molar-refractivity contribution in [3.63, 3.8) is 0 Å². The van der Waals surface area contributed by atoms with E-state index in [4.69, 9.17) is 10.5 Å². The largest absolute Gasteiger partial charge is 0.496 e. The van der Waals surface area contributed by atoms with Gasteiger partial charge in [-0.3, -0.25) is 0 Å². The van der Waals surface area contributed by atoms with Crippen molar-refractivity contribution in [3.05, 3.63) is 29.8 Å². The summed E-state index contributed by atoms with van der Waals surface area (Å²) >= 11 is 0. The number of hydrogen-bond donors (Lipinski definition) is 2. The van der Waals surface area contributed by atoms with Crippen LogP contribution in [-0.4, -0.2) is 39.5 Å². The highest BCUT2D eigenvalue weighted by atomic mass is 32.2. The lowest BCUT2D eigenvalue weighted by Crippen LogP contribution is -2.45. The summed E-state index contributed by atoms with van der Waals surface area (Å²) in [5.41, 5.74) is 6.45. The molecule has 1 aliphatic rings. The van der Waals surface area contributed by atoms with Crippen LogP contribution in [0.1, 0.15) is 18.4 Å². The van der Waals surface area contributed by atoms with E-state index < -0.39 is 10.2 Å². The van der Waals surface area contributed by atoms with E-state index in [1.807, 2.05) is 24.3 Å². The number of nitrogens with one attached hydrogen (secondary N) is 1. The van der Waals surface area contributed by atoms with Crippen molar-refractivity contribution in [3.8, 4) is 5.75 Å². The molecule has 0 atom stereocenters. The molecule has 0 aromatic heterocycles. The van der Waals surface area contributed by atoms with Crippen molar-refractivity contribution in [2.75, 3.05) is 26.7 Å². The summed E-state index contributed by atoms with van der Waals surface area (Å²) in [5, 5.41) is 0. The Morgan fingerprint density at radius 3 is 2.62 bits per heavy atom. The maximum atomic E-state index is 12.3. The summed E-state index contributed by atoms with van der Waals surface area (Å²) in [4.78, 5) is 0. The first kappa shape index (κ1) is 16.2. The molecule has 1 aromatic rings. The number of hydrogen-bond acceptors (Lipinski definition) is 4. The van der Waals surface area contributed by atoms with Gasteiger partial charge in [0.25, 0.3) is 10.2 Å². The van der Waals surface area contributed by atoms with Gasteiger partial charge in [0.1, 0.15) is 5.75 Å². The van der Waals surface area contributed by atoms with Gasteiger partial charge in [0.15, 0.2) is 0 Å². The maximum Gasteiger partial charge on any atom is 0.279 e. The number of benzene rings is 1. The molecular weight excluding hydrogens is 290 g/mol. The zero-order chi connectivity index (χ0) is 15.3. The van der Waals surface area contributed by atoms with E-state index in [9.17, 15) is 8.42 Å². The van der Waals surface area contributed by atoms with Gasteiger partial charge in [-0.1, -0.05) is 18.2 Å². The molecule has 118 valence electrons. The molecule has 0 unspecified atom stereocenters. The second kappa shape index (κ2) is 7.22. The molecule has 0 amide bonds. The van der Waals surface area contributed by atoms with Gasteiger partial charge in [-0.15, -0.1) is 0 Å². The summed E-state index contributed by atoms with van der Waals surface area (Å²) in [7, 11) is -1.88. The molecule has 1 aliphatic heterocycles. The molecule has 0 spiro atoms. The standard InChI is InChI=1S/C14H23N3O3S/c1-20-14-5-3-2-4-13(14)11-16-21(18,19)17-8-6-12(10-15)7-9-17/h2-5,12,16H,6-11,15H2,1H3. The molecule has 0 aliphatic carbocycles. The molecule has 6 nitrogen and oxygen atoms in total. The van der Waals surface area contributed by atoms with Gasteiger partial charge in [0, 0.05) is 25.2 Å². The monoisotopic (exact) mass is 313 g/mol. The van der Waals surface area contributed by atoms with Crippen LogP contribution in [-0.2, 0) is 16.8 Å². The molecule has 1 heterocycles. The zero-order valence-corrected chi connectivity index (χ0v) is 13.1. The zero-order valence-electron chi connectivity index (χ0n) is 12.3. The van der Waals surface area contributed by atoms with Crippen LogP contribution in [0.4, 0.5) is 0 Å². The van der Waals surface area contributed by atoms with E-state index in [0.717, 1.165) is 18.4 Å². The third-order valence-corrected chi connectivity index (χ3v) is 5.44. The summed E-state index contributed by atoms with van der Waals surface area (Å²) in [6, 6.07) is 7.38.